The molecule has 1 aromatic carbocycles. The molecule has 15 heavy (non-hydrogen) atoms. The molecule has 1 heterocycles. The third-order valence-corrected chi connectivity index (χ3v) is 3.34. The van der Waals surface area contributed by atoms with Gasteiger partial charge in [0, 0.05) is 9.86 Å². The number of benzene rings is 1. The molecule has 0 aliphatic rings. The first kappa shape index (κ1) is 10.9. The van der Waals surface area contributed by atoms with E-state index in [2.05, 4.69) is 36.8 Å². The van der Waals surface area contributed by atoms with E-state index < -0.39 is 0 Å². The lowest BCUT2D eigenvalue weighted by atomic mass is 10.2. The van der Waals surface area contributed by atoms with Crippen LogP contribution in [0.25, 0.3) is 10.9 Å². The maximum absolute atomic E-state index is 9.79. The lowest BCUT2D eigenvalue weighted by Crippen LogP contribution is -1.90. The highest BCUT2D eigenvalue weighted by atomic mass is 79.9. The first-order chi connectivity index (χ1) is 7.13. The van der Waals surface area contributed by atoms with Gasteiger partial charge in [0.25, 0.3) is 0 Å². The predicted molar refractivity (Wildman–Crippen MR) is 64.7 cm³/mol. The minimum atomic E-state index is -0.139. The number of nitrogens with zero attached hydrogens (tertiary/aromatic N) is 1. The van der Waals surface area contributed by atoms with Gasteiger partial charge in [-0.3, -0.25) is 0 Å². The van der Waals surface area contributed by atoms with Gasteiger partial charge >= 0.3 is 0 Å². The van der Waals surface area contributed by atoms with Crippen molar-refractivity contribution in [3.63, 3.8) is 0 Å². The molecule has 0 fully saturated rings. The summed E-state index contributed by atoms with van der Waals surface area (Å²) in [5.41, 5.74) is 1.01. The molecule has 0 aliphatic heterocycles. The molecule has 0 saturated carbocycles. The number of rotatable bonds is 1. The van der Waals surface area contributed by atoms with Crippen LogP contribution in [0.2, 0.25) is 0 Å². The summed E-state index contributed by atoms with van der Waals surface area (Å²) in [4.78, 5) is 4.15. The largest absolute Gasteiger partial charge is 0.505 e. The molecule has 0 unspecified atom stereocenters. The van der Waals surface area contributed by atoms with Crippen LogP contribution >= 0.6 is 31.9 Å². The van der Waals surface area contributed by atoms with E-state index in [1.54, 1.807) is 12.1 Å². The number of phenols is 1. The third kappa shape index (κ3) is 1.87. The Bertz CT molecular complexity index is 528. The van der Waals surface area contributed by atoms with Gasteiger partial charge in [-0.1, -0.05) is 15.9 Å². The maximum atomic E-state index is 9.79. The van der Waals surface area contributed by atoms with Crippen LogP contribution in [-0.4, -0.2) is 15.2 Å². The van der Waals surface area contributed by atoms with E-state index in [0.717, 1.165) is 9.86 Å². The monoisotopic (exact) mass is 331 g/mol. The highest BCUT2D eigenvalue weighted by molar-refractivity contribution is 9.11. The highest BCUT2D eigenvalue weighted by Crippen LogP contribution is 2.36. The van der Waals surface area contributed by atoms with Crippen molar-refractivity contribution in [2.24, 2.45) is 0 Å². The molecular formula is C10H7Br2NO2. The van der Waals surface area contributed by atoms with Crippen LogP contribution in [0.1, 0.15) is 5.69 Å². The summed E-state index contributed by atoms with van der Waals surface area (Å²) in [7, 11) is 0. The number of phenolic OH excluding ortho intramolecular Hbond substituents is 1. The molecule has 0 saturated heterocycles. The number of hydrogen-bond acceptors (Lipinski definition) is 3. The van der Waals surface area contributed by atoms with Gasteiger partial charge in [0.15, 0.2) is 5.75 Å². The molecule has 78 valence electrons. The van der Waals surface area contributed by atoms with Gasteiger partial charge in [0.05, 0.1) is 16.8 Å². The van der Waals surface area contributed by atoms with Crippen LogP contribution < -0.4 is 0 Å². The lowest BCUT2D eigenvalue weighted by molar-refractivity contribution is 0.277. The average Bonchev–Trinajstić information content (AvgIpc) is 2.25. The predicted octanol–water partition coefficient (Wildman–Crippen LogP) is 2.96. The minimum absolute atomic E-state index is 0.0866. The Morgan fingerprint density at radius 1 is 1.20 bits per heavy atom. The summed E-state index contributed by atoms with van der Waals surface area (Å²) in [6, 6.07) is 5.29. The molecule has 2 rings (SSSR count). The van der Waals surface area contributed by atoms with Gasteiger partial charge in [-0.15, -0.1) is 0 Å². The molecule has 5 heteroatoms. The van der Waals surface area contributed by atoms with Gasteiger partial charge in [-0.05, 0) is 34.1 Å². The first-order valence-corrected chi connectivity index (χ1v) is 5.79. The zero-order valence-corrected chi connectivity index (χ0v) is 10.7. The SMILES string of the molecule is OCc1ccc2c(Br)cc(Br)c(O)c2n1. The fourth-order valence-corrected chi connectivity index (χ4v) is 2.60. The van der Waals surface area contributed by atoms with Gasteiger partial charge in [-0.25, -0.2) is 4.98 Å². The van der Waals surface area contributed by atoms with Crippen LogP contribution in [0.4, 0.5) is 0 Å². The van der Waals surface area contributed by atoms with Crippen molar-refractivity contribution in [1.82, 2.24) is 4.98 Å². The molecule has 0 aliphatic carbocycles. The number of aromatic nitrogens is 1. The van der Waals surface area contributed by atoms with E-state index in [4.69, 9.17) is 5.11 Å². The number of aliphatic hydroxyl groups excluding tert-OH is 1. The van der Waals surface area contributed by atoms with Crippen molar-refractivity contribution in [3.05, 3.63) is 32.8 Å². The number of pyridine rings is 1. The van der Waals surface area contributed by atoms with Crippen molar-refractivity contribution in [2.45, 2.75) is 6.61 Å². The topological polar surface area (TPSA) is 53.4 Å². The zero-order valence-electron chi connectivity index (χ0n) is 7.54. The summed E-state index contributed by atoms with van der Waals surface area (Å²) in [6.07, 6.45) is 0. The van der Waals surface area contributed by atoms with E-state index in [1.165, 1.54) is 0 Å². The smallest absolute Gasteiger partial charge is 0.156 e. The van der Waals surface area contributed by atoms with Crippen LogP contribution in [0.5, 0.6) is 5.75 Å². The van der Waals surface area contributed by atoms with Crippen LogP contribution in [0.15, 0.2) is 27.1 Å². The molecule has 2 N–H and O–H groups in total. The Labute approximate surface area is 103 Å². The summed E-state index contributed by atoms with van der Waals surface area (Å²) < 4.78 is 1.42. The Kier molecular flexibility index (Phi) is 2.95. The third-order valence-electron chi connectivity index (χ3n) is 2.08. The van der Waals surface area contributed by atoms with Crippen molar-refractivity contribution >= 4 is 42.8 Å². The lowest BCUT2D eigenvalue weighted by Gasteiger charge is -2.06. The standard InChI is InChI=1S/C10H7Br2NO2/c11-7-3-8(12)10(15)9-6(7)2-1-5(4-14)13-9/h1-3,14-15H,4H2. The Hall–Kier alpha value is -0.650. The van der Waals surface area contributed by atoms with E-state index in [9.17, 15) is 5.11 Å². The first-order valence-electron chi connectivity index (χ1n) is 4.21. The van der Waals surface area contributed by atoms with Gasteiger partial charge in [-0.2, -0.15) is 0 Å². The summed E-state index contributed by atoms with van der Waals surface area (Å²) >= 11 is 6.62. The number of fused-ring (bicyclic) bond motifs is 1. The number of aliphatic hydroxyl groups is 1. The van der Waals surface area contributed by atoms with E-state index in [1.807, 2.05) is 6.07 Å². The molecule has 2 aromatic rings. The Balaban J connectivity index is 2.85. The van der Waals surface area contributed by atoms with Crippen LogP contribution in [-0.2, 0) is 6.61 Å². The van der Waals surface area contributed by atoms with Gasteiger partial charge in [0.2, 0.25) is 0 Å². The molecular weight excluding hydrogens is 326 g/mol. The molecule has 0 amide bonds. The second kappa shape index (κ2) is 4.08. The van der Waals surface area contributed by atoms with Crippen molar-refractivity contribution in [2.75, 3.05) is 0 Å². The Morgan fingerprint density at radius 2 is 1.93 bits per heavy atom. The van der Waals surface area contributed by atoms with Gasteiger partial charge < -0.3 is 10.2 Å². The van der Waals surface area contributed by atoms with Crippen LogP contribution in [0.3, 0.4) is 0 Å². The fourth-order valence-electron chi connectivity index (χ4n) is 1.33. The molecule has 0 bridgehead atoms. The number of aromatic hydroxyl groups is 1. The maximum Gasteiger partial charge on any atom is 0.156 e. The highest BCUT2D eigenvalue weighted by Gasteiger charge is 2.10. The summed E-state index contributed by atoms with van der Waals surface area (Å²) in [5, 5.41) is 19.6. The minimum Gasteiger partial charge on any atom is -0.505 e. The number of hydrogen-bond donors (Lipinski definition) is 2. The average molecular weight is 333 g/mol. The number of halogens is 2. The van der Waals surface area contributed by atoms with E-state index in [-0.39, 0.29) is 12.4 Å². The summed E-state index contributed by atoms with van der Waals surface area (Å²) in [5.74, 6) is 0.0866. The second-order valence-corrected chi connectivity index (χ2v) is 4.75. The molecule has 0 radical (unpaired) electrons. The molecule has 0 spiro atoms. The van der Waals surface area contributed by atoms with Gasteiger partial charge in [0.1, 0.15) is 5.52 Å². The molecule has 0 atom stereocenters. The second-order valence-electron chi connectivity index (χ2n) is 3.05. The van der Waals surface area contributed by atoms with E-state index in [0.29, 0.717) is 15.7 Å². The normalized spacial score (nSPS) is 10.9. The van der Waals surface area contributed by atoms with Crippen molar-refractivity contribution in [1.29, 1.82) is 0 Å². The quantitative estimate of drug-likeness (QED) is 0.844. The fraction of sp³-hybridized carbons (Fsp3) is 0.100. The van der Waals surface area contributed by atoms with Crippen molar-refractivity contribution < 1.29 is 10.2 Å². The van der Waals surface area contributed by atoms with Crippen LogP contribution in [0, 0.1) is 0 Å². The zero-order chi connectivity index (χ0) is 11.0. The molecule has 3 nitrogen and oxygen atoms in total. The summed E-state index contributed by atoms with van der Waals surface area (Å²) in [6.45, 7) is -0.139. The van der Waals surface area contributed by atoms with E-state index >= 15 is 0 Å². The Morgan fingerprint density at radius 3 is 2.60 bits per heavy atom. The van der Waals surface area contributed by atoms with Crippen molar-refractivity contribution in [3.8, 4) is 5.75 Å². The molecule has 1 aromatic heterocycles.